The van der Waals surface area contributed by atoms with Gasteiger partial charge in [0.15, 0.2) is 0 Å². The van der Waals surface area contributed by atoms with Gasteiger partial charge in [-0.1, -0.05) is 47.3 Å². The van der Waals surface area contributed by atoms with E-state index < -0.39 is 5.97 Å². The first-order valence-electron chi connectivity index (χ1n) is 7.72. The molecule has 0 unspecified atom stereocenters. The largest absolute Gasteiger partial charge is 0.481 e. The smallest absolute Gasteiger partial charge is 0.303 e. The molecule has 1 aromatic rings. The number of aliphatic carboxylic acids is 1. The third-order valence-corrected chi connectivity index (χ3v) is 4.34. The van der Waals surface area contributed by atoms with Crippen molar-refractivity contribution in [2.45, 2.75) is 51.9 Å². The maximum absolute atomic E-state index is 11.8. The molecule has 1 amide bonds. The average Bonchev–Trinajstić information content (AvgIpc) is 2.45. The first-order valence-corrected chi connectivity index (χ1v) is 8.52. The molecule has 4 nitrogen and oxygen atoms in total. The van der Waals surface area contributed by atoms with Gasteiger partial charge in [-0.15, -0.1) is 0 Å². The lowest BCUT2D eigenvalue weighted by Crippen LogP contribution is -2.26. The number of benzene rings is 1. The summed E-state index contributed by atoms with van der Waals surface area (Å²) in [6, 6.07) is 5.96. The highest BCUT2D eigenvalue weighted by Gasteiger charge is 2.04. The molecule has 5 heteroatoms. The molecule has 0 aliphatic heterocycles. The molecule has 0 saturated heterocycles. The molecule has 0 bridgehead atoms. The molecule has 2 N–H and O–H groups in total. The molecule has 122 valence electrons. The van der Waals surface area contributed by atoms with Crippen molar-refractivity contribution < 1.29 is 14.7 Å². The minimum Gasteiger partial charge on any atom is -0.481 e. The number of halogens is 1. The zero-order valence-corrected chi connectivity index (χ0v) is 14.6. The third-order valence-electron chi connectivity index (χ3n) is 3.49. The van der Waals surface area contributed by atoms with Crippen molar-refractivity contribution in [2.24, 2.45) is 0 Å². The summed E-state index contributed by atoms with van der Waals surface area (Å²) in [6.45, 7) is 2.70. The first kappa shape index (κ1) is 18.7. The van der Waals surface area contributed by atoms with Gasteiger partial charge in [0, 0.05) is 17.4 Å². The zero-order chi connectivity index (χ0) is 16.4. The van der Waals surface area contributed by atoms with E-state index in [1.165, 1.54) is 0 Å². The predicted octanol–water partition coefficient (Wildman–Crippen LogP) is 3.84. The van der Waals surface area contributed by atoms with Gasteiger partial charge in [0.25, 0.3) is 0 Å². The van der Waals surface area contributed by atoms with Crippen LogP contribution in [0.15, 0.2) is 22.7 Å². The summed E-state index contributed by atoms with van der Waals surface area (Å²) in [4.78, 5) is 22.2. The summed E-state index contributed by atoms with van der Waals surface area (Å²) < 4.78 is 1.03. The summed E-state index contributed by atoms with van der Waals surface area (Å²) in [5.74, 6) is -0.684. The van der Waals surface area contributed by atoms with Crippen LogP contribution in [0.3, 0.4) is 0 Å². The lowest BCUT2D eigenvalue weighted by atomic mass is 10.1. The van der Waals surface area contributed by atoms with E-state index in [9.17, 15) is 9.59 Å². The van der Waals surface area contributed by atoms with Gasteiger partial charge in [-0.2, -0.15) is 0 Å². The van der Waals surface area contributed by atoms with E-state index in [1.807, 2.05) is 25.1 Å². The first-order chi connectivity index (χ1) is 10.5. The van der Waals surface area contributed by atoms with Gasteiger partial charge in [-0.25, -0.2) is 0 Å². The maximum atomic E-state index is 11.8. The van der Waals surface area contributed by atoms with Gasteiger partial charge in [0.2, 0.25) is 5.91 Å². The van der Waals surface area contributed by atoms with E-state index in [0.29, 0.717) is 13.0 Å². The molecule has 0 fully saturated rings. The summed E-state index contributed by atoms with van der Waals surface area (Å²) in [5, 5.41) is 11.4. The second kappa shape index (κ2) is 10.4. The number of hydrogen-bond donors (Lipinski definition) is 2. The van der Waals surface area contributed by atoms with Crippen LogP contribution in [-0.2, 0) is 16.0 Å². The van der Waals surface area contributed by atoms with Crippen LogP contribution in [0, 0.1) is 6.92 Å². The van der Waals surface area contributed by atoms with Crippen molar-refractivity contribution in [2.75, 3.05) is 6.54 Å². The van der Waals surface area contributed by atoms with Crippen molar-refractivity contribution in [1.82, 2.24) is 5.32 Å². The van der Waals surface area contributed by atoms with Crippen molar-refractivity contribution in [3.05, 3.63) is 33.8 Å². The molecule has 0 heterocycles. The normalized spacial score (nSPS) is 10.5. The van der Waals surface area contributed by atoms with Gasteiger partial charge < -0.3 is 10.4 Å². The molecular formula is C17H24BrNO3. The van der Waals surface area contributed by atoms with Crippen molar-refractivity contribution >= 4 is 27.8 Å². The number of nitrogens with one attached hydrogen (secondary N) is 1. The van der Waals surface area contributed by atoms with Gasteiger partial charge in [0.1, 0.15) is 0 Å². The summed E-state index contributed by atoms with van der Waals surface area (Å²) >= 11 is 3.47. The Balaban J connectivity index is 2.08. The Bertz CT molecular complexity index is 503. The lowest BCUT2D eigenvalue weighted by molar-refractivity contribution is -0.137. The lowest BCUT2D eigenvalue weighted by Gasteiger charge is -2.06. The van der Waals surface area contributed by atoms with Crippen LogP contribution in [0.4, 0.5) is 0 Å². The summed E-state index contributed by atoms with van der Waals surface area (Å²) in [6.07, 6.45) is 5.32. The highest BCUT2D eigenvalue weighted by molar-refractivity contribution is 9.10. The molecule has 0 aliphatic rings. The third kappa shape index (κ3) is 8.17. The molecule has 1 rings (SSSR count). The van der Waals surface area contributed by atoms with E-state index in [0.717, 1.165) is 47.7 Å². The fraction of sp³-hybridized carbons (Fsp3) is 0.529. The second-order valence-electron chi connectivity index (χ2n) is 5.52. The molecule has 0 aliphatic carbocycles. The van der Waals surface area contributed by atoms with Crippen LogP contribution in [0.1, 0.15) is 49.7 Å². The number of rotatable bonds is 10. The number of carbonyl (C=O) groups excluding carboxylic acids is 1. The number of hydrogen-bond acceptors (Lipinski definition) is 2. The van der Waals surface area contributed by atoms with E-state index in [2.05, 4.69) is 21.2 Å². The van der Waals surface area contributed by atoms with Crippen LogP contribution >= 0.6 is 15.9 Å². The minimum atomic E-state index is -0.727. The van der Waals surface area contributed by atoms with Crippen molar-refractivity contribution in [3.8, 4) is 0 Å². The molecule has 1 aromatic carbocycles. The van der Waals surface area contributed by atoms with E-state index in [1.54, 1.807) is 0 Å². The van der Waals surface area contributed by atoms with Gasteiger partial charge in [0.05, 0.1) is 6.42 Å². The average molecular weight is 370 g/mol. The number of aryl methyl sites for hydroxylation is 1. The van der Waals surface area contributed by atoms with Gasteiger partial charge >= 0.3 is 5.97 Å². The monoisotopic (exact) mass is 369 g/mol. The molecule has 0 saturated carbocycles. The summed E-state index contributed by atoms with van der Waals surface area (Å²) in [5.41, 5.74) is 2.16. The zero-order valence-electron chi connectivity index (χ0n) is 13.0. The topological polar surface area (TPSA) is 66.4 Å². The molecule has 0 atom stereocenters. The van der Waals surface area contributed by atoms with Crippen molar-refractivity contribution in [1.29, 1.82) is 0 Å². The number of unbranched alkanes of at least 4 members (excludes halogenated alkanes) is 4. The Morgan fingerprint density at radius 2 is 1.82 bits per heavy atom. The molecule has 22 heavy (non-hydrogen) atoms. The van der Waals surface area contributed by atoms with Crippen molar-refractivity contribution in [3.63, 3.8) is 0 Å². The quantitative estimate of drug-likeness (QED) is 0.615. The van der Waals surface area contributed by atoms with Crippen LogP contribution in [0.5, 0.6) is 0 Å². The minimum absolute atomic E-state index is 0.0432. The SMILES string of the molecule is Cc1ccc(CC(=O)NCCCCCCCC(=O)O)cc1Br. The number of carboxylic acid groups (broad SMARTS) is 1. The Labute approximate surface area is 140 Å². The van der Waals surface area contributed by atoms with Crippen LogP contribution in [0.2, 0.25) is 0 Å². The Hall–Kier alpha value is -1.36. The number of carboxylic acids is 1. The van der Waals surface area contributed by atoms with Gasteiger partial charge in [-0.05, 0) is 37.0 Å². The fourth-order valence-corrected chi connectivity index (χ4v) is 2.58. The predicted molar refractivity (Wildman–Crippen MR) is 90.9 cm³/mol. The Kier molecular flexibility index (Phi) is 8.82. The fourth-order valence-electron chi connectivity index (χ4n) is 2.15. The Morgan fingerprint density at radius 3 is 2.50 bits per heavy atom. The number of carbonyl (C=O) groups is 2. The summed E-state index contributed by atoms with van der Waals surface area (Å²) in [7, 11) is 0. The highest BCUT2D eigenvalue weighted by Crippen LogP contribution is 2.17. The van der Waals surface area contributed by atoms with E-state index in [4.69, 9.17) is 5.11 Å². The second-order valence-corrected chi connectivity index (χ2v) is 6.38. The van der Waals surface area contributed by atoms with Crippen LogP contribution in [-0.4, -0.2) is 23.5 Å². The molecular weight excluding hydrogens is 346 g/mol. The van der Waals surface area contributed by atoms with E-state index in [-0.39, 0.29) is 12.3 Å². The molecule has 0 spiro atoms. The van der Waals surface area contributed by atoms with E-state index >= 15 is 0 Å². The molecule has 0 radical (unpaired) electrons. The molecule has 0 aromatic heterocycles. The Morgan fingerprint density at radius 1 is 1.14 bits per heavy atom. The van der Waals surface area contributed by atoms with Gasteiger partial charge in [-0.3, -0.25) is 9.59 Å². The standard InChI is InChI=1S/C17H24BrNO3/c1-13-8-9-14(11-15(13)18)12-16(20)19-10-6-4-2-3-5-7-17(21)22/h8-9,11H,2-7,10,12H2,1H3,(H,19,20)(H,21,22). The maximum Gasteiger partial charge on any atom is 0.303 e. The van der Waals surface area contributed by atoms with Crippen LogP contribution < -0.4 is 5.32 Å². The highest BCUT2D eigenvalue weighted by atomic mass is 79.9. The van der Waals surface area contributed by atoms with Crippen LogP contribution in [0.25, 0.3) is 0 Å². The number of amides is 1.